The lowest BCUT2D eigenvalue weighted by molar-refractivity contribution is 0.0695. The zero-order valence-electron chi connectivity index (χ0n) is 9.73. The third-order valence-electron chi connectivity index (χ3n) is 2.71. The molecule has 1 aromatic rings. The summed E-state index contributed by atoms with van der Waals surface area (Å²) in [6.45, 7) is 0.666. The van der Waals surface area contributed by atoms with Gasteiger partial charge in [0.25, 0.3) is 0 Å². The fourth-order valence-electron chi connectivity index (χ4n) is 1.81. The highest BCUT2D eigenvalue weighted by Gasteiger charge is 2.28. The van der Waals surface area contributed by atoms with Gasteiger partial charge >= 0.3 is 5.97 Å². The summed E-state index contributed by atoms with van der Waals surface area (Å²) in [7, 11) is 3.02. The molecule has 1 saturated heterocycles. The maximum atomic E-state index is 11.2. The van der Waals surface area contributed by atoms with Crippen molar-refractivity contribution in [3.05, 3.63) is 23.3 Å². The first-order chi connectivity index (χ1) is 8.17. The van der Waals surface area contributed by atoms with Crippen LogP contribution in [-0.4, -0.2) is 38.0 Å². The van der Waals surface area contributed by atoms with E-state index in [4.69, 9.17) is 19.3 Å². The fourth-order valence-corrected chi connectivity index (χ4v) is 1.81. The van der Waals surface area contributed by atoms with Crippen LogP contribution in [0.3, 0.4) is 0 Å². The second-order valence-corrected chi connectivity index (χ2v) is 3.79. The Kier molecular flexibility index (Phi) is 3.19. The van der Waals surface area contributed by atoms with Gasteiger partial charge in [-0.15, -0.1) is 0 Å². The normalized spacial score (nSPS) is 17.6. The SMILES string of the molecule is COc1ccc(C(=O)O)c(C[C@H]2CO2)c1OC. The van der Waals surface area contributed by atoms with Crippen LogP contribution in [-0.2, 0) is 11.2 Å². The number of methoxy groups -OCH3 is 2. The van der Waals surface area contributed by atoms with Crippen molar-refractivity contribution in [2.24, 2.45) is 0 Å². The van der Waals surface area contributed by atoms with Gasteiger partial charge in [-0.1, -0.05) is 0 Å². The molecule has 1 aromatic carbocycles. The highest BCUT2D eigenvalue weighted by atomic mass is 16.6. The predicted molar refractivity (Wildman–Crippen MR) is 59.9 cm³/mol. The van der Waals surface area contributed by atoms with Crippen molar-refractivity contribution in [1.82, 2.24) is 0 Å². The molecule has 2 rings (SSSR count). The molecule has 0 radical (unpaired) electrons. The molecule has 1 N–H and O–H groups in total. The van der Waals surface area contributed by atoms with E-state index in [9.17, 15) is 4.79 Å². The fraction of sp³-hybridized carbons (Fsp3) is 0.417. The third kappa shape index (κ3) is 2.34. The molecule has 1 heterocycles. The monoisotopic (exact) mass is 238 g/mol. The van der Waals surface area contributed by atoms with Crippen molar-refractivity contribution in [2.45, 2.75) is 12.5 Å². The van der Waals surface area contributed by atoms with Gasteiger partial charge in [0.15, 0.2) is 11.5 Å². The van der Waals surface area contributed by atoms with E-state index in [0.717, 1.165) is 0 Å². The Labute approximate surface area is 98.9 Å². The molecule has 0 amide bonds. The van der Waals surface area contributed by atoms with E-state index in [2.05, 4.69) is 0 Å². The molecule has 5 heteroatoms. The number of carbonyl (C=O) groups is 1. The van der Waals surface area contributed by atoms with Crippen molar-refractivity contribution in [3.63, 3.8) is 0 Å². The van der Waals surface area contributed by atoms with Gasteiger partial charge in [0.1, 0.15) is 0 Å². The molecule has 1 atom stereocenters. The van der Waals surface area contributed by atoms with Gasteiger partial charge in [0, 0.05) is 12.0 Å². The van der Waals surface area contributed by atoms with Gasteiger partial charge in [-0.25, -0.2) is 4.79 Å². The lowest BCUT2D eigenvalue weighted by atomic mass is 10.0. The van der Waals surface area contributed by atoms with Gasteiger partial charge in [-0.3, -0.25) is 0 Å². The zero-order chi connectivity index (χ0) is 12.4. The van der Waals surface area contributed by atoms with E-state index in [-0.39, 0.29) is 11.7 Å². The number of hydrogen-bond acceptors (Lipinski definition) is 4. The molecule has 0 unspecified atom stereocenters. The highest BCUT2D eigenvalue weighted by Crippen LogP contribution is 2.35. The number of epoxide rings is 1. The van der Waals surface area contributed by atoms with Crippen molar-refractivity contribution in [2.75, 3.05) is 20.8 Å². The minimum atomic E-state index is -0.971. The van der Waals surface area contributed by atoms with Crippen LogP contribution in [0, 0.1) is 0 Å². The standard InChI is InChI=1S/C12H14O5/c1-15-10-4-3-8(12(13)14)9(11(10)16-2)5-7-6-17-7/h3-4,7H,5-6H2,1-2H3,(H,13,14)/t7-/m0/s1. The summed E-state index contributed by atoms with van der Waals surface area (Å²) in [5.41, 5.74) is 0.861. The summed E-state index contributed by atoms with van der Waals surface area (Å²) in [5, 5.41) is 9.15. The van der Waals surface area contributed by atoms with Crippen molar-refractivity contribution in [3.8, 4) is 11.5 Å². The maximum absolute atomic E-state index is 11.2. The molecule has 0 aliphatic carbocycles. The van der Waals surface area contributed by atoms with E-state index in [1.165, 1.54) is 20.3 Å². The molecular formula is C12H14O5. The van der Waals surface area contributed by atoms with E-state index in [0.29, 0.717) is 30.1 Å². The molecule has 17 heavy (non-hydrogen) atoms. The van der Waals surface area contributed by atoms with Crippen molar-refractivity contribution >= 4 is 5.97 Å². The molecule has 0 spiro atoms. The summed E-state index contributed by atoms with van der Waals surface area (Å²) in [5.74, 6) is 0.0395. The first-order valence-electron chi connectivity index (χ1n) is 5.26. The first kappa shape index (κ1) is 11.7. The number of carboxylic acids is 1. The molecule has 1 aliphatic rings. The van der Waals surface area contributed by atoms with Crippen LogP contribution >= 0.6 is 0 Å². The van der Waals surface area contributed by atoms with Crippen molar-refractivity contribution in [1.29, 1.82) is 0 Å². The maximum Gasteiger partial charge on any atom is 0.336 e. The predicted octanol–water partition coefficient (Wildman–Crippen LogP) is 1.34. The topological polar surface area (TPSA) is 68.3 Å². The van der Waals surface area contributed by atoms with Gasteiger partial charge in [-0.2, -0.15) is 0 Å². The molecule has 0 saturated carbocycles. The van der Waals surface area contributed by atoms with Crippen LogP contribution in [0.2, 0.25) is 0 Å². The van der Waals surface area contributed by atoms with Crippen LogP contribution in [0.15, 0.2) is 12.1 Å². The summed E-state index contributed by atoms with van der Waals surface area (Å²) in [6, 6.07) is 3.13. The summed E-state index contributed by atoms with van der Waals surface area (Å²) in [6.07, 6.45) is 0.622. The van der Waals surface area contributed by atoms with E-state index in [1.807, 2.05) is 0 Å². The first-order valence-corrected chi connectivity index (χ1v) is 5.26. The average molecular weight is 238 g/mol. The minimum absolute atomic E-state index is 0.0918. The lowest BCUT2D eigenvalue weighted by Gasteiger charge is -2.14. The van der Waals surface area contributed by atoms with Gasteiger partial charge in [0.05, 0.1) is 32.5 Å². The van der Waals surface area contributed by atoms with Gasteiger partial charge < -0.3 is 19.3 Å². The number of aromatic carboxylic acids is 1. The quantitative estimate of drug-likeness (QED) is 0.784. The van der Waals surface area contributed by atoms with Crippen molar-refractivity contribution < 1.29 is 24.1 Å². The zero-order valence-corrected chi connectivity index (χ0v) is 9.73. The van der Waals surface area contributed by atoms with E-state index in [1.54, 1.807) is 6.07 Å². The molecule has 0 aromatic heterocycles. The molecule has 92 valence electrons. The van der Waals surface area contributed by atoms with Crippen LogP contribution in [0.1, 0.15) is 15.9 Å². The van der Waals surface area contributed by atoms with Crippen LogP contribution in [0.25, 0.3) is 0 Å². The molecule has 5 nitrogen and oxygen atoms in total. The van der Waals surface area contributed by atoms with E-state index >= 15 is 0 Å². The third-order valence-corrected chi connectivity index (χ3v) is 2.71. The molecule has 1 aliphatic heterocycles. The number of hydrogen-bond donors (Lipinski definition) is 1. The second kappa shape index (κ2) is 4.63. The molecule has 1 fully saturated rings. The highest BCUT2D eigenvalue weighted by molar-refractivity contribution is 5.91. The van der Waals surface area contributed by atoms with Crippen LogP contribution < -0.4 is 9.47 Å². The van der Waals surface area contributed by atoms with Gasteiger partial charge in [-0.05, 0) is 12.1 Å². The number of carboxylic acid groups (broad SMARTS) is 1. The van der Waals surface area contributed by atoms with E-state index < -0.39 is 5.97 Å². The Bertz CT molecular complexity index is 437. The van der Waals surface area contributed by atoms with Crippen LogP contribution in [0.4, 0.5) is 0 Å². The van der Waals surface area contributed by atoms with Gasteiger partial charge in [0.2, 0.25) is 0 Å². The Balaban J connectivity index is 2.48. The summed E-state index contributed by atoms with van der Waals surface area (Å²) >= 11 is 0. The molecule has 0 bridgehead atoms. The average Bonchev–Trinajstić information content (AvgIpc) is 3.11. The molecular weight excluding hydrogens is 224 g/mol. The lowest BCUT2D eigenvalue weighted by Crippen LogP contribution is -2.08. The largest absolute Gasteiger partial charge is 0.493 e. The Morgan fingerprint density at radius 3 is 2.65 bits per heavy atom. The Morgan fingerprint density at radius 1 is 1.47 bits per heavy atom. The number of ether oxygens (including phenoxy) is 3. The number of rotatable bonds is 5. The Hall–Kier alpha value is -1.75. The second-order valence-electron chi connectivity index (χ2n) is 3.79. The summed E-state index contributed by atoms with van der Waals surface area (Å²) in [4.78, 5) is 11.2. The van der Waals surface area contributed by atoms with Crippen LogP contribution in [0.5, 0.6) is 11.5 Å². The Morgan fingerprint density at radius 2 is 2.18 bits per heavy atom. The minimum Gasteiger partial charge on any atom is -0.493 e. The number of benzene rings is 1. The summed E-state index contributed by atoms with van der Waals surface area (Å²) < 4.78 is 15.5. The smallest absolute Gasteiger partial charge is 0.336 e.